The van der Waals surface area contributed by atoms with E-state index in [0.29, 0.717) is 23.0 Å². The van der Waals surface area contributed by atoms with Crippen LogP contribution < -0.4 is 5.32 Å². The number of fused-ring (bicyclic) bond motifs is 1. The second kappa shape index (κ2) is 6.51. The van der Waals surface area contributed by atoms with Crippen molar-refractivity contribution in [2.75, 3.05) is 5.32 Å². The molecule has 5 rings (SSSR count). The van der Waals surface area contributed by atoms with Gasteiger partial charge in [-0.15, -0.1) is 0 Å². The molecule has 1 amide bonds. The second-order valence-corrected chi connectivity index (χ2v) is 6.04. The zero-order chi connectivity index (χ0) is 18.9. The summed E-state index contributed by atoms with van der Waals surface area (Å²) in [4.78, 5) is 21.1. The molecule has 0 unspecified atom stereocenters. The van der Waals surface area contributed by atoms with Gasteiger partial charge in [-0.2, -0.15) is 0 Å². The Morgan fingerprint density at radius 3 is 2.75 bits per heavy atom. The molecule has 8 heteroatoms. The molecule has 1 N–H and O–H groups in total. The first-order valence-electron chi connectivity index (χ1n) is 8.48. The topological polar surface area (TPSA) is 98.5 Å². The Balaban J connectivity index is 1.32. The number of rotatable bonds is 4. The van der Waals surface area contributed by atoms with Gasteiger partial charge in [-0.1, -0.05) is 17.3 Å². The van der Waals surface area contributed by atoms with Crippen molar-refractivity contribution in [2.45, 2.75) is 0 Å². The minimum atomic E-state index is -0.369. The van der Waals surface area contributed by atoms with Crippen molar-refractivity contribution in [3.63, 3.8) is 0 Å². The predicted octanol–water partition coefficient (Wildman–Crippen LogP) is 3.90. The number of hydrogen-bond donors (Lipinski definition) is 1. The summed E-state index contributed by atoms with van der Waals surface area (Å²) in [5.74, 6) is 1.17. The van der Waals surface area contributed by atoms with Crippen LogP contribution in [0.2, 0.25) is 0 Å². The molecule has 0 atom stereocenters. The van der Waals surface area contributed by atoms with Crippen molar-refractivity contribution in [3.05, 3.63) is 79.1 Å². The number of furan rings is 1. The lowest BCUT2D eigenvalue weighted by Crippen LogP contribution is -2.11. The van der Waals surface area contributed by atoms with Gasteiger partial charge in [-0.25, -0.2) is 9.97 Å². The van der Waals surface area contributed by atoms with E-state index in [1.165, 1.54) is 12.3 Å². The van der Waals surface area contributed by atoms with Crippen molar-refractivity contribution in [1.82, 2.24) is 19.5 Å². The minimum absolute atomic E-state index is 0.168. The molecular weight excluding hydrogens is 358 g/mol. The molecule has 5 aromatic rings. The number of amides is 1. The van der Waals surface area contributed by atoms with E-state index >= 15 is 0 Å². The van der Waals surface area contributed by atoms with Crippen LogP contribution in [0.15, 0.2) is 82.3 Å². The first-order valence-corrected chi connectivity index (χ1v) is 8.48. The van der Waals surface area contributed by atoms with E-state index in [0.717, 1.165) is 11.3 Å². The van der Waals surface area contributed by atoms with Gasteiger partial charge in [-0.05, 0) is 30.3 Å². The van der Waals surface area contributed by atoms with Crippen LogP contribution in [0.3, 0.4) is 0 Å². The van der Waals surface area contributed by atoms with Crippen molar-refractivity contribution in [1.29, 1.82) is 0 Å². The Morgan fingerprint density at radius 2 is 1.96 bits per heavy atom. The van der Waals surface area contributed by atoms with Crippen LogP contribution in [-0.4, -0.2) is 25.4 Å². The third-order valence-electron chi connectivity index (χ3n) is 4.18. The molecule has 0 aliphatic rings. The summed E-state index contributed by atoms with van der Waals surface area (Å²) in [6.45, 7) is 0. The zero-order valence-electron chi connectivity index (χ0n) is 14.4. The summed E-state index contributed by atoms with van der Waals surface area (Å²) < 4.78 is 12.2. The molecule has 0 fully saturated rings. The molecule has 0 saturated heterocycles. The monoisotopic (exact) mass is 371 g/mol. The summed E-state index contributed by atoms with van der Waals surface area (Å²) in [5, 5.41) is 6.58. The van der Waals surface area contributed by atoms with Gasteiger partial charge in [0.25, 0.3) is 5.91 Å². The van der Waals surface area contributed by atoms with Gasteiger partial charge in [0.05, 0.1) is 12.0 Å². The van der Waals surface area contributed by atoms with Crippen LogP contribution >= 0.6 is 0 Å². The second-order valence-electron chi connectivity index (χ2n) is 6.04. The summed E-state index contributed by atoms with van der Waals surface area (Å²) in [5.41, 5.74) is 2.53. The SMILES string of the molecule is O=C(Nc1ccc(-c2cn3cccnc3n2)cc1)c1cc(-c2ccco2)on1. The maximum absolute atomic E-state index is 12.4. The number of nitrogens with zero attached hydrogens (tertiary/aromatic N) is 4. The van der Waals surface area contributed by atoms with Crippen LogP contribution in [0, 0.1) is 0 Å². The number of nitrogens with one attached hydrogen (secondary N) is 1. The van der Waals surface area contributed by atoms with Gasteiger partial charge in [0.15, 0.2) is 11.5 Å². The average molecular weight is 371 g/mol. The molecule has 4 heterocycles. The van der Waals surface area contributed by atoms with E-state index in [2.05, 4.69) is 20.4 Å². The average Bonchev–Trinajstić information content (AvgIpc) is 3.48. The highest BCUT2D eigenvalue weighted by molar-refractivity contribution is 6.03. The summed E-state index contributed by atoms with van der Waals surface area (Å²) in [7, 11) is 0. The van der Waals surface area contributed by atoms with Crippen LogP contribution in [0.1, 0.15) is 10.5 Å². The maximum atomic E-state index is 12.4. The molecule has 28 heavy (non-hydrogen) atoms. The number of carbonyl (C=O) groups excluding carboxylic acids is 1. The van der Waals surface area contributed by atoms with Crippen LogP contribution in [0.4, 0.5) is 5.69 Å². The van der Waals surface area contributed by atoms with Crippen molar-refractivity contribution in [3.8, 4) is 22.8 Å². The normalized spacial score (nSPS) is 11.0. The van der Waals surface area contributed by atoms with E-state index in [1.54, 1.807) is 30.5 Å². The largest absolute Gasteiger partial charge is 0.461 e. The fourth-order valence-corrected chi connectivity index (χ4v) is 2.81. The van der Waals surface area contributed by atoms with Crippen molar-refractivity contribution < 1.29 is 13.7 Å². The Morgan fingerprint density at radius 1 is 1.07 bits per heavy atom. The molecular formula is C20H13N5O3. The Hall–Kier alpha value is -4.20. The van der Waals surface area contributed by atoms with E-state index in [1.807, 2.05) is 35.0 Å². The molecule has 136 valence electrons. The molecule has 0 bridgehead atoms. The standard InChI is InChI=1S/C20H13N5O3/c26-19(15-11-18(28-24-15)17-3-1-10-27-17)22-14-6-4-13(5-7-14)16-12-25-9-2-8-21-20(25)23-16/h1-12H,(H,22,26). The van der Waals surface area contributed by atoms with Crippen molar-refractivity contribution >= 4 is 17.4 Å². The molecule has 8 nitrogen and oxygen atoms in total. The number of hydrogen-bond acceptors (Lipinski definition) is 6. The number of benzene rings is 1. The smallest absolute Gasteiger partial charge is 0.277 e. The van der Waals surface area contributed by atoms with Gasteiger partial charge in [0.1, 0.15) is 0 Å². The highest BCUT2D eigenvalue weighted by atomic mass is 16.5. The quantitative estimate of drug-likeness (QED) is 0.514. The maximum Gasteiger partial charge on any atom is 0.277 e. The number of imidazole rings is 1. The summed E-state index contributed by atoms with van der Waals surface area (Å²) in [6, 6.07) is 14.2. The molecule has 1 aromatic carbocycles. The number of anilines is 1. The van der Waals surface area contributed by atoms with Gasteiger partial charge >= 0.3 is 0 Å². The third kappa shape index (κ3) is 2.92. The highest BCUT2D eigenvalue weighted by Crippen LogP contribution is 2.23. The van der Waals surface area contributed by atoms with Crippen LogP contribution in [-0.2, 0) is 0 Å². The van der Waals surface area contributed by atoms with Gasteiger partial charge < -0.3 is 14.3 Å². The lowest BCUT2D eigenvalue weighted by atomic mass is 10.1. The van der Waals surface area contributed by atoms with E-state index in [-0.39, 0.29) is 11.6 Å². The van der Waals surface area contributed by atoms with Crippen molar-refractivity contribution in [2.24, 2.45) is 0 Å². The summed E-state index contributed by atoms with van der Waals surface area (Å²) in [6.07, 6.45) is 7.02. The molecule has 0 saturated carbocycles. The number of aromatic nitrogens is 4. The fraction of sp³-hybridized carbons (Fsp3) is 0. The van der Waals surface area contributed by atoms with Gasteiger partial charge in [0, 0.05) is 35.9 Å². The molecule has 0 radical (unpaired) electrons. The molecule has 4 aromatic heterocycles. The Labute approximate surface area is 158 Å². The van der Waals surface area contributed by atoms with Crippen LogP contribution in [0.25, 0.3) is 28.6 Å². The van der Waals surface area contributed by atoms with Crippen LogP contribution in [0.5, 0.6) is 0 Å². The first-order chi connectivity index (χ1) is 13.8. The van der Waals surface area contributed by atoms with Gasteiger partial charge in [-0.3, -0.25) is 9.20 Å². The third-order valence-corrected chi connectivity index (χ3v) is 4.18. The Kier molecular flexibility index (Phi) is 3.72. The first kappa shape index (κ1) is 16.0. The molecule has 0 spiro atoms. The summed E-state index contributed by atoms with van der Waals surface area (Å²) >= 11 is 0. The van der Waals surface area contributed by atoms with E-state index < -0.39 is 0 Å². The minimum Gasteiger partial charge on any atom is -0.461 e. The number of carbonyl (C=O) groups is 1. The van der Waals surface area contributed by atoms with E-state index in [9.17, 15) is 4.79 Å². The molecule has 0 aliphatic heterocycles. The fourth-order valence-electron chi connectivity index (χ4n) is 2.81. The Bertz CT molecular complexity index is 1220. The predicted molar refractivity (Wildman–Crippen MR) is 101 cm³/mol. The lowest BCUT2D eigenvalue weighted by Gasteiger charge is -2.03. The molecule has 0 aliphatic carbocycles. The van der Waals surface area contributed by atoms with Gasteiger partial charge in [0.2, 0.25) is 11.5 Å². The zero-order valence-corrected chi connectivity index (χ0v) is 14.4. The van der Waals surface area contributed by atoms with E-state index in [4.69, 9.17) is 8.94 Å². The lowest BCUT2D eigenvalue weighted by molar-refractivity contribution is 0.101. The highest BCUT2D eigenvalue weighted by Gasteiger charge is 2.15.